The van der Waals surface area contributed by atoms with Gasteiger partial charge in [-0.1, -0.05) is 6.92 Å². The van der Waals surface area contributed by atoms with Crippen molar-refractivity contribution < 1.29 is 9.31 Å². The molecule has 0 saturated carbocycles. The first-order chi connectivity index (χ1) is 6.07. The van der Waals surface area contributed by atoms with Gasteiger partial charge in [-0.3, -0.25) is 10.1 Å². The molecule has 13 heavy (non-hydrogen) atoms. The molecule has 0 radical (unpaired) electrons. The third kappa shape index (κ3) is 1.85. The van der Waals surface area contributed by atoms with E-state index >= 15 is 0 Å². The fraction of sp³-hybridized carbons (Fsp3) is 0.250. The topological polar surface area (TPSA) is 43.1 Å². The molecule has 5 heteroatoms. The van der Waals surface area contributed by atoms with Crippen molar-refractivity contribution in [2.75, 3.05) is 0 Å². The Labute approximate surface area is 82.8 Å². The molecule has 0 heterocycles. The summed E-state index contributed by atoms with van der Waals surface area (Å²) in [6.45, 7) is 1.74. The zero-order valence-corrected chi connectivity index (χ0v) is 8.47. The summed E-state index contributed by atoms with van der Waals surface area (Å²) >= 11 is 3.01. The lowest BCUT2D eigenvalue weighted by atomic mass is 10.1. The molecule has 0 amide bonds. The van der Waals surface area contributed by atoms with Crippen LogP contribution in [0.5, 0.6) is 0 Å². The zero-order chi connectivity index (χ0) is 10.0. The number of hydrogen-bond donors (Lipinski definition) is 0. The van der Waals surface area contributed by atoms with Crippen LogP contribution in [-0.4, -0.2) is 4.92 Å². The zero-order valence-electron chi connectivity index (χ0n) is 6.88. The van der Waals surface area contributed by atoms with Gasteiger partial charge in [0.25, 0.3) is 5.69 Å². The average Bonchev–Trinajstić information content (AvgIpc) is 2.04. The molecule has 1 rings (SSSR count). The Morgan fingerprint density at radius 2 is 2.23 bits per heavy atom. The predicted octanol–water partition coefficient (Wildman–Crippen LogP) is 3.06. The molecule has 3 nitrogen and oxygen atoms in total. The summed E-state index contributed by atoms with van der Waals surface area (Å²) in [4.78, 5) is 9.92. The largest absolute Gasteiger partial charge is 0.283 e. The molecule has 70 valence electrons. The molecule has 1 aromatic rings. The summed E-state index contributed by atoms with van der Waals surface area (Å²) in [5.74, 6) is -0.417. The minimum absolute atomic E-state index is 0.0988. The Balaban J connectivity index is 3.35. The van der Waals surface area contributed by atoms with Crippen molar-refractivity contribution in [2.24, 2.45) is 0 Å². The summed E-state index contributed by atoms with van der Waals surface area (Å²) in [5.41, 5.74) is 0.243. The second kappa shape index (κ2) is 3.83. The minimum Gasteiger partial charge on any atom is -0.258 e. The van der Waals surface area contributed by atoms with E-state index in [-0.39, 0.29) is 10.2 Å². The first-order valence-electron chi connectivity index (χ1n) is 3.69. The van der Waals surface area contributed by atoms with Crippen LogP contribution in [0.3, 0.4) is 0 Å². The van der Waals surface area contributed by atoms with Gasteiger partial charge in [0.2, 0.25) is 0 Å². The van der Waals surface area contributed by atoms with Crippen LogP contribution in [0.25, 0.3) is 0 Å². The molecule has 0 aliphatic rings. The Morgan fingerprint density at radius 1 is 1.62 bits per heavy atom. The van der Waals surface area contributed by atoms with E-state index in [2.05, 4.69) is 15.9 Å². The monoisotopic (exact) mass is 247 g/mol. The Bertz CT molecular complexity index is 354. The first kappa shape index (κ1) is 10.1. The van der Waals surface area contributed by atoms with Crippen LogP contribution in [0.1, 0.15) is 12.5 Å². The highest BCUT2D eigenvalue weighted by atomic mass is 79.9. The Kier molecular flexibility index (Phi) is 2.98. The number of nitro benzene ring substituents is 1. The minimum atomic E-state index is -0.539. The third-order valence-corrected chi connectivity index (χ3v) is 2.60. The smallest absolute Gasteiger partial charge is 0.258 e. The van der Waals surface area contributed by atoms with E-state index < -0.39 is 10.7 Å². The van der Waals surface area contributed by atoms with Crippen LogP contribution in [0, 0.1) is 15.9 Å². The molecule has 1 aromatic carbocycles. The number of nitro groups is 1. The molecule has 0 atom stereocenters. The summed E-state index contributed by atoms with van der Waals surface area (Å²) in [7, 11) is 0. The maximum atomic E-state index is 13.0. The van der Waals surface area contributed by atoms with Crippen molar-refractivity contribution in [3.8, 4) is 0 Å². The maximum Gasteiger partial charge on any atom is 0.283 e. The van der Waals surface area contributed by atoms with Crippen LogP contribution >= 0.6 is 15.9 Å². The third-order valence-electron chi connectivity index (χ3n) is 1.72. The number of benzene rings is 1. The van der Waals surface area contributed by atoms with Crippen LogP contribution in [0.2, 0.25) is 0 Å². The standard InChI is InChI=1S/C8H7BrFNO2/c1-2-5-6(10)3-4-7(8(5)9)11(12)13/h3-4H,2H2,1H3. The summed E-state index contributed by atoms with van der Waals surface area (Å²) in [6, 6.07) is 2.26. The van der Waals surface area contributed by atoms with Gasteiger partial charge in [-0.15, -0.1) is 0 Å². The van der Waals surface area contributed by atoms with E-state index in [9.17, 15) is 14.5 Å². The van der Waals surface area contributed by atoms with Gasteiger partial charge in [0, 0.05) is 11.6 Å². The van der Waals surface area contributed by atoms with Gasteiger partial charge in [0.1, 0.15) is 10.3 Å². The molecule has 0 spiro atoms. The van der Waals surface area contributed by atoms with Gasteiger partial charge in [-0.2, -0.15) is 0 Å². The maximum absolute atomic E-state index is 13.0. The summed E-state index contributed by atoms with van der Waals surface area (Å²) in [6.07, 6.45) is 0.425. The average molecular weight is 248 g/mol. The van der Waals surface area contributed by atoms with Crippen molar-refractivity contribution in [2.45, 2.75) is 13.3 Å². The first-order valence-corrected chi connectivity index (χ1v) is 4.48. The molecule has 0 saturated heterocycles. The van der Waals surface area contributed by atoms with Crippen molar-refractivity contribution in [1.82, 2.24) is 0 Å². The van der Waals surface area contributed by atoms with Gasteiger partial charge >= 0.3 is 0 Å². The van der Waals surface area contributed by atoms with Crippen LogP contribution < -0.4 is 0 Å². The second-order valence-electron chi connectivity index (χ2n) is 2.47. The Hall–Kier alpha value is -0.970. The predicted molar refractivity (Wildman–Crippen MR) is 50.1 cm³/mol. The van der Waals surface area contributed by atoms with E-state index in [1.54, 1.807) is 6.92 Å². The molecule has 0 bridgehead atoms. The van der Waals surface area contributed by atoms with Gasteiger partial charge in [-0.25, -0.2) is 4.39 Å². The highest BCUT2D eigenvalue weighted by Crippen LogP contribution is 2.30. The molecular formula is C8H7BrFNO2. The normalized spacial score (nSPS) is 10.1. The van der Waals surface area contributed by atoms with E-state index in [4.69, 9.17) is 0 Å². The molecule has 0 fully saturated rings. The van der Waals surface area contributed by atoms with Crippen LogP contribution in [-0.2, 0) is 6.42 Å². The molecule has 0 aliphatic heterocycles. The molecule has 0 aliphatic carbocycles. The van der Waals surface area contributed by atoms with Crippen molar-refractivity contribution in [1.29, 1.82) is 0 Å². The fourth-order valence-electron chi connectivity index (χ4n) is 1.05. The lowest BCUT2D eigenvalue weighted by molar-refractivity contribution is -0.385. The highest BCUT2D eigenvalue weighted by molar-refractivity contribution is 9.10. The van der Waals surface area contributed by atoms with Gasteiger partial charge in [0.15, 0.2) is 0 Å². The van der Waals surface area contributed by atoms with E-state index in [1.165, 1.54) is 0 Å². The lowest BCUT2D eigenvalue weighted by Crippen LogP contribution is -1.95. The summed E-state index contributed by atoms with van der Waals surface area (Å²) in [5, 5.41) is 10.5. The van der Waals surface area contributed by atoms with Gasteiger partial charge in [-0.05, 0) is 28.4 Å². The molecule has 0 aromatic heterocycles. The van der Waals surface area contributed by atoms with E-state index in [0.29, 0.717) is 12.0 Å². The fourth-order valence-corrected chi connectivity index (χ4v) is 1.80. The van der Waals surface area contributed by atoms with E-state index in [0.717, 1.165) is 12.1 Å². The number of halogens is 2. The SMILES string of the molecule is CCc1c(F)ccc([N+](=O)[O-])c1Br. The van der Waals surface area contributed by atoms with Gasteiger partial charge < -0.3 is 0 Å². The molecule has 0 N–H and O–H groups in total. The number of nitrogens with zero attached hydrogens (tertiary/aromatic N) is 1. The van der Waals surface area contributed by atoms with Crippen molar-refractivity contribution >= 4 is 21.6 Å². The number of hydrogen-bond acceptors (Lipinski definition) is 2. The number of rotatable bonds is 2. The van der Waals surface area contributed by atoms with Crippen molar-refractivity contribution in [3.63, 3.8) is 0 Å². The summed E-state index contributed by atoms with van der Waals surface area (Å²) < 4.78 is 13.3. The van der Waals surface area contributed by atoms with Crippen molar-refractivity contribution in [3.05, 3.63) is 38.1 Å². The van der Waals surface area contributed by atoms with E-state index in [1.807, 2.05) is 0 Å². The highest BCUT2D eigenvalue weighted by Gasteiger charge is 2.17. The molecular weight excluding hydrogens is 241 g/mol. The second-order valence-corrected chi connectivity index (χ2v) is 3.26. The molecule has 0 unspecified atom stereocenters. The van der Waals surface area contributed by atoms with Crippen LogP contribution in [0.4, 0.5) is 10.1 Å². The lowest BCUT2D eigenvalue weighted by Gasteiger charge is -2.02. The van der Waals surface area contributed by atoms with Crippen LogP contribution in [0.15, 0.2) is 16.6 Å². The Morgan fingerprint density at radius 3 is 2.69 bits per heavy atom. The quantitative estimate of drug-likeness (QED) is 0.596. The van der Waals surface area contributed by atoms with Gasteiger partial charge in [0.05, 0.1) is 4.92 Å².